The molecule has 2 amide bonds. The molecule has 0 fully saturated rings. The molecule has 1 aromatic carbocycles. The van der Waals surface area contributed by atoms with Gasteiger partial charge in [-0.1, -0.05) is 11.6 Å². The second-order valence-corrected chi connectivity index (χ2v) is 4.44. The van der Waals surface area contributed by atoms with E-state index >= 15 is 0 Å². The molecule has 3 rings (SSSR count). The van der Waals surface area contributed by atoms with Gasteiger partial charge in [0.05, 0.1) is 23.0 Å². The molecule has 0 atom stereocenters. The molecule has 19 heavy (non-hydrogen) atoms. The smallest absolute Gasteiger partial charge is 0.267 e. The maximum absolute atomic E-state index is 12.3. The Balaban J connectivity index is 2.10. The first kappa shape index (κ1) is 11.4. The van der Waals surface area contributed by atoms with Gasteiger partial charge in [0.1, 0.15) is 5.82 Å². The number of hydrogen-bond acceptors (Lipinski definition) is 4. The highest BCUT2D eigenvalue weighted by Crippen LogP contribution is 2.27. The minimum absolute atomic E-state index is 0.290. The third-order valence-corrected chi connectivity index (χ3v) is 3.04. The number of pyridine rings is 1. The molecule has 5 nitrogen and oxygen atoms in total. The molecule has 0 spiro atoms. The van der Waals surface area contributed by atoms with Crippen molar-refractivity contribution in [3.8, 4) is 0 Å². The van der Waals surface area contributed by atoms with Gasteiger partial charge in [-0.15, -0.1) is 0 Å². The molecule has 0 aliphatic carbocycles. The highest BCUT2D eigenvalue weighted by molar-refractivity contribution is 6.34. The molecular weight excluding hydrogens is 242 g/mol. The molecule has 1 aromatic heterocycles. The Labute approximate surface area is 109 Å². The topological polar surface area (TPSA) is 76.3 Å². The number of rotatable bonds is 1. The summed E-state index contributed by atoms with van der Waals surface area (Å²) in [5, 5.41) is 0. The number of amides is 2. The summed E-state index contributed by atoms with van der Waals surface area (Å²) in [5.41, 5.74) is 7.80. The minimum atomic E-state index is -0.350. The van der Waals surface area contributed by atoms with Crippen molar-refractivity contribution >= 4 is 23.3 Å². The van der Waals surface area contributed by atoms with Crippen molar-refractivity contribution in [3.05, 3.63) is 53.2 Å². The Morgan fingerprint density at radius 2 is 1.79 bits per heavy atom. The maximum Gasteiger partial charge on any atom is 0.267 e. The standard InChI is InChI=1S/C14H11N3O2/c1-8-2-4-10-11(6-8)14(19)17(13(10)18)12-5-3-9(15)7-16-12/h2-7H,15H2,1H3. The molecule has 2 N–H and O–H groups in total. The van der Waals surface area contributed by atoms with Crippen LogP contribution < -0.4 is 10.6 Å². The first-order chi connectivity index (χ1) is 9.08. The van der Waals surface area contributed by atoms with Crippen LogP contribution in [0.2, 0.25) is 0 Å². The number of benzene rings is 1. The van der Waals surface area contributed by atoms with Crippen LogP contribution in [0.5, 0.6) is 0 Å². The van der Waals surface area contributed by atoms with Crippen LogP contribution in [-0.4, -0.2) is 16.8 Å². The quantitative estimate of drug-likeness (QED) is 0.786. The number of fused-ring (bicyclic) bond motifs is 1. The van der Waals surface area contributed by atoms with Crippen LogP contribution in [0.1, 0.15) is 26.3 Å². The van der Waals surface area contributed by atoms with Crippen molar-refractivity contribution in [1.82, 2.24) is 4.98 Å². The van der Waals surface area contributed by atoms with Crippen molar-refractivity contribution in [2.45, 2.75) is 6.92 Å². The highest BCUT2D eigenvalue weighted by Gasteiger charge is 2.37. The van der Waals surface area contributed by atoms with Crippen LogP contribution >= 0.6 is 0 Å². The summed E-state index contributed by atoms with van der Waals surface area (Å²) in [5.74, 6) is -0.406. The van der Waals surface area contributed by atoms with E-state index in [4.69, 9.17) is 5.73 Å². The van der Waals surface area contributed by atoms with Crippen molar-refractivity contribution in [2.24, 2.45) is 0 Å². The van der Waals surface area contributed by atoms with Gasteiger partial charge in [0.15, 0.2) is 0 Å². The molecule has 0 unspecified atom stereocenters. The van der Waals surface area contributed by atoms with Crippen molar-refractivity contribution < 1.29 is 9.59 Å². The number of anilines is 2. The van der Waals surface area contributed by atoms with Gasteiger partial charge >= 0.3 is 0 Å². The number of hydrogen-bond donors (Lipinski definition) is 1. The molecule has 0 saturated carbocycles. The molecule has 2 heterocycles. The lowest BCUT2D eigenvalue weighted by molar-refractivity contribution is 0.0925. The number of nitrogens with zero attached hydrogens (tertiary/aromatic N) is 2. The summed E-state index contributed by atoms with van der Waals surface area (Å²) >= 11 is 0. The summed E-state index contributed by atoms with van der Waals surface area (Å²) < 4.78 is 0. The van der Waals surface area contributed by atoms with E-state index in [-0.39, 0.29) is 17.6 Å². The lowest BCUT2D eigenvalue weighted by Crippen LogP contribution is -2.30. The summed E-state index contributed by atoms with van der Waals surface area (Å²) in [6, 6.07) is 8.36. The number of nitrogens with two attached hydrogens (primary N) is 1. The Morgan fingerprint density at radius 1 is 1.05 bits per heavy atom. The molecule has 5 heteroatoms. The second-order valence-electron chi connectivity index (χ2n) is 4.44. The third kappa shape index (κ3) is 1.67. The first-order valence-corrected chi connectivity index (χ1v) is 5.79. The molecule has 2 aromatic rings. The van der Waals surface area contributed by atoms with Crippen molar-refractivity contribution in [2.75, 3.05) is 10.6 Å². The van der Waals surface area contributed by atoms with Gasteiger partial charge in [0, 0.05) is 0 Å². The summed E-state index contributed by atoms with van der Waals surface area (Å²) in [7, 11) is 0. The van der Waals surface area contributed by atoms with Crippen molar-refractivity contribution in [3.63, 3.8) is 0 Å². The van der Waals surface area contributed by atoms with Gasteiger partial charge in [-0.3, -0.25) is 9.59 Å². The van der Waals surface area contributed by atoms with E-state index < -0.39 is 0 Å². The highest BCUT2D eigenvalue weighted by atomic mass is 16.2. The van der Waals surface area contributed by atoms with Crippen LogP contribution in [0.4, 0.5) is 11.5 Å². The van der Waals surface area contributed by atoms with Gasteiger partial charge in [0.25, 0.3) is 11.8 Å². The first-order valence-electron chi connectivity index (χ1n) is 5.79. The zero-order valence-corrected chi connectivity index (χ0v) is 10.3. The van der Waals surface area contributed by atoms with Crippen LogP contribution in [-0.2, 0) is 0 Å². The van der Waals surface area contributed by atoms with Crippen LogP contribution in [0.15, 0.2) is 36.5 Å². The molecule has 0 saturated heterocycles. The second kappa shape index (κ2) is 3.91. The van der Waals surface area contributed by atoms with Crippen LogP contribution in [0.25, 0.3) is 0 Å². The van der Waals surface area contributed by atoms with E-state index in [9.17, 15) is 9.59 Å². The number of carbonyl (C=O) groups is 2. The fraction of sp³-hybridized carbons (Fsp3) is 0.0714. The van der Waals surface area contributed by atoms with Gasteiger partial charge in [-0.25, -0.2) is 9.88 Å². The molecular formula is C14H11N3O2. The average molecular weight is 253 g/mol. The van der Waals surface area contributed by atoms with E-state index in [1.165, 1.54) is 6.20 Å². The Morgan fingerprint density at radius 3 is 2.47 bits per heavy atom. The van der Waals surface area contributed by atoms with Crippen molar-refractivity contribution in [1.29, 1.82) is 0 Å². The fourth-order valence-electron chi connectivity index (χ4n) is 2.09. The van der Waals surface area contributed by atoms with E-state index in [2.05, 4.69) is 4.98 Å². The molecule has 1 aliphatic heterocycles. The Hall–Kier alpha value is -2.69. The molecule has 94 valence electrons. The fourth-order valence-corrected chi connectivity index (χ4v) is 2.09. The zero-order valence-electron chi connectivity index (χ0n) is 10.3. The predicted octanol–water partition coefficient (Wildman–Crippen LogP) is 1.77. The SMILES string of the molecule is Cc1ccc2c(c1)C(=O)N(c1ccc(N)cn1)C2=O. The number of aromatic nitrogens is 1. The van der Waals surface area contributed by atoms with Gasteiger partial charge < -0.3 is 5.73 Å². The van der Waals surface area contributed by atoms with E-state index in [1.807, 2.05) is 13.0 Å². The lowest BCUT2D eigenvalue weighted by Gasteiger charge is -2.12. The van der Waals surface area contributed by atoms with E-state index in [0.717, 1.165) is 10.5 Å². The van der Waals surface area contributed by atoms with E-state index in [0.29, 0.717) is 16.8 Å². The summed E-state index contributed by atoms with van der Waals surface area (Å²) in [4.78, 5) is 29.6. The lowest BCUT2D eigenvalue weighted by atomic mass is 10.1. The third-order valence-electron chi connectivity index (χ3n) is 3.04. The molecule has 1 aliphatic rings. The van der Waals surface area contributed by atoms with E-state index in [1.54, 1.807) is 24.3 Å². The van der Waals surface area contributed by atoms with Gasteiger partial charge in [-0.05, 0) is 31.2 Å². The van der Waals surface area contributed by atoms with Gasteiger partial charge in [0.2, 0.25) is 0 Å². The largest absolute Gasteiger partial charge is 0.397 e. The summed E-state index contributed by atoms with van der Waals surface area (Å²) in [6.07, 6.45) is 1.42. The maximum atomic E-state index is 12.3. The number of carbonyl (C=O) groups excluding carboxylic acids is 2. The monoisotopic (exact) mass is 253 g/mol. The normalized spacial score (nSPS) is 13.8. The number of imide groups is 1. The molecule has 0 radical (unpaired) electrons. The molecule has 0 bridgehead atoms. The Bertz CT molecular complexity index is 692. The van der Waals surface area contributed by atoms with Crippen LogP contribution in [0, 0.1) is 6.92 Å². The average Bonchev–Trinajstić information content (AvgIpc) is 2.63. The minimum Gasteiger partial charge on any atom is -0.397 e. The Kier molecular flexibility index (Phi) is 2.35. The number of aryl methyl sites for hydroxylation is 1. The predicted molar refractivity (Wildman–Crippen MR) is 71.0 cm³/mol. The number of nitrogen functional groups attached to an aromatic ring is 1. The van der Waals surface area contributed by atoms with Gasteiger partial charge in [-0.2, -0.15) is 0 Å². The summed E-state index contributed by atoms with van der Waals surface area (Å²) in [6.45, 7) is 1.88. The zero-order chi connectivity index (χ0) is 13.6. The van der Waals surface area contributed by atoms with Crippen LogP contribution in [0.3, 0.4) is 0 Å².